The van der Waals surface area contributed by atoms with Gasteiger partial charge < -0.3 is 24.6 Å². The first-order chi connectivity index (χ1) is 14.1. The number of aliphatic hydroxyl groups excluding tert-OH is 1. The highest BCUT2D eigenvalue weighted by molar-refractivity contribution is 5.43. The van der Waals surface area contributed by atoms with Crippen LogP contribution in [0.15, 0.2) is 42.5 Å². The van der Waals surface area contributed by atoms with E-state index in [-0.39, 0.29) is 6.10 Å². The van der Waals surface area contributed by atoms with Crippen LogP contribution in [-0.4, -0.2) is 37.1 Å². The van der Waals surface area contributed by atoms with Crippen molar-refractivity contribution in [2.75, 3.05) is 19.8 Å². The summed E-state index contributed by atoms with van der Waals surface area (Å²) in [5.41, 5.74) is 2.38. The lowest BCUT2D eigenvalue weighted by Crippen LogP contribution is -2.34. The van der Waals surface area contributed by atoms with Gasteiger partial charge in [0, 0.05) is 12.6 Å². The van der Waals surface area contributed by atoms with Gasteiger partial charge in [0.25, 0.3) is 0 Å². The van der Waals surface area contributed by atoms with E-state index in [1.807, 2.05) is 43.3 Å². The molecule has 0 aliphatic heterocycles. The maximum atomic E-state index is 9.64. The van der Waals surface area contributed by atoms with Gasteiger partial charge in [0.1, 0.15) is 19.0 Å². The molecule has 2 aromatic carbocycles. The average Bonchev–Trinajstić information content (AvgIpc) is 2.73. The van der Waals surface area contributed by atoms with Gasteiger partial charge >= 0.3 is 0 Å². The molecule has 0 heterocycles. The SMILES string of the molecule is CCOc1cc(CNC2CCC(O)CC2)ccc1OCCOc1ccc(C)cc1. The first-order valence-corrected chi connectivity index (χ1v) is 10.6. The minimum absolute atomic E-state index is 0.121. The Morgan fingerprint density at radius 2 is 1.62 bits per heavy atom. The summed E-state index contributed by atoms with van der Waals surface area (Å²) in [6, 6.07) is 14.6. The van der Waals surface area contributed by atoms with Crippen molar-refractivity contribution in [1.82, 2.24) is 5.32 Å². The fourth-order valence-electron chi connectivity index (χ4n) is 3.54. The van der Waals surface area contributed by atoms with Gasteiger partial charge in [0.05, 0.1) is 12.7 Å². The topological polar surface area (TPSA) is 60.0 Å². The highest BCUT2D eigenvalue weighted by atomic mass is 16.5. The quantitative estimate of drug-likeness (QED) is 0.585. The van der Waals surface area contributed by atoms with Gasteiger partial charge in [-0.1, -0.05) is 23.8 Å². The molecule has 5 nitrogen and oxygen atoms in total. The van der Waals surface area contributed by atoms with Crippen LogP contribution in [-0.2, 0) is 6.54 Å². The monoisotopic (exact) mass is 399 g/mol. The molecule has 29 heavy (non-hydrogen) atoms. The molecule has 1 saturated carbocycles. The zero-order valence-corrected chi connectivity index (χ0v) is 17.5. The summed E-state index contributed by atoms with van der Waals surface area (Å²) < 4.78 is 17.4. The number of rotatable bonds is 10. The summed E-state index contributed by atoms with van der Waals surface area (Å²) >= 11 is 0. The lowest BCUT2D eigenvalue weighted by atomic mass is 9.93. The minimum Gasteiger partial charge on any atom is -0.490 e. The van der Waals surface area contributed by atoms with Gasteiger partial charge in [0.2, 0.25) is 0 Å². The van der Waals surface area contributed by atoms with E-state index >= 15 is 0 Å². The normalized spacial score (nSPS) is 19.0. The number of aryl methyl sites for hydroxylation is 1. The zero-order chi connectivity index (χ0) is 20.5. The highest BCUT2D eigenvalue weighted by Gasteiger charge is 2.18. The van der Waals surface area contributed by atoms with Crippen molar-refractivity contribution in [3.8, 4) is 17.2 Å². The van der Waals surface area contributed by atoms with Crippen molar-refractivity contribution in [1.29, 1.82) is 0 Å². The van der Waals surface area contributed by atoms with Crippen LogP contribution in [0.4, 0.5) is 0 Å². The second-order valence-corrected chi connectivity index (χ2v) is 7.61. The molecular weight excluding hydrogens is 366 g/mol. The fraction of sp³-hybridized carbons (Fsp3) is 0.500. The first kappa shape index (κ1) is 21.5. The number of hydrogen-bond acceptors (Lipinski definition) is 5. The van der Waals surface area contributed by atoms with Gasteiger partial charge in [-0.3, -0.25) is 0 Å². The fourth-order valence-corrected chi connectivity index (χ4v) is 3.54. The van der Waals surface area contributed by atoms with E-state index in [1.165, 1.54) is 11.1 Å². The van der Waals surface area contributed by atoms with E-state index < -0.39 is 0 Å². The van der Waals surface area contributed by atoms with Crippen LogP contribution in [0.1, 0.15) is 43.7 Å². The van der Waals surface area contributed by atoms with E-state index in [4.69, 9.17) is 14.2 Å². The molecule has 0 atom stereocenters. The second kappa shape index (κ2) is 11.1. The van der Waals surface area contributed by atoms with Crippen LogP contribution in [0.25, 0.3) is 0 Å². The molecule has 0 unspecified atom stereocenters. The van der Waals surface area contributed by atoms with Crippen LogP contribution in [0.5, 0.6) is 17.2 Å². The number of aliphatic hydroxyl groups is 1. The van der Waals surface area contributed by atoms with Crippen molar-refractivity contribution in [2.45, 2.75) is 58.2 Å². The first-order valence-electron chi connectivity index (χ1n) is 10.6. The van der Waals surface area contributed by atoms with E-state index in [2.05, 4.69) is 18.3 Å². The highest BCUT2D eigenvalue weighted by Crippen LogP contribution is 2.29. The van der Waals surface area contributed by atoms with E-state index in [1.54, 1.807) is 0 Å². The Bertz CT molecular complexity index is 739. The molecule has 0 spiro atoms. The van der Waals surface area contributed by atoms with Gasteiger partial charge in [-0.05, 0) is 69.4 Å². The lowest BCUT2D eigenvalue weighted by molar-refractivity contribution is 0.116. The molecule has 0 aromatic heterocycles. The molecule has 0 saturated heterocycles. The number of hydrogen-bond donors (Lipinski definition) is 2. The Balaban J connectivity index is 1.48. The van der Waals surface area contributed by atoms with Gasteiger partial charge in [-0.25, -0.2) is 0 Å². The Hall–Kier alpha value is -2.24. The largest absolute Gasteiger partial charge is 0.490 e. The second-order valence-electron chi connectivity index (χ2n) is 7.61. The van der Waals surface area contributed by atoms with Crippen molar-refractivity contribution >= 4 is 0 Å². The van der Waals surface area contributed by atoms with Crippen molar-refractivity contribution in [3.05, 3.63) is 53.6 Å². The van der Waals surface area contributed by atoms with Gasteiger partial charge in [-0.15, -0.1) is 0 Å². The van der Waals surface area contributed by atoms with Crippen molar-refractivity contribution in [3.63, 3.8) is 0 Å². The number of nitrogens with one attached hydrogen (secondary N) is 1. The molecule has 0 bridgehead atoms. The molecule has 1 aliphatic carbocycles. The molecule has 5 heteroatoms. The minimum atomic E-state index is -0.121. The third kappa shape index (κ3) is 6.94. The Morgan fingerprint density at radius 3 is 2.34 bits per heavy atom. The Morgan fingerprint density at radius 1 is 0.897 bits per heavy atom. The maximum absolute atomic E-state index is 9.64. The summed E-state index contributed by atoms with van der Waals surface area (Å²) in [7, 11) is 0. The Kier molecular flexibility index (Phi) is 8.20. The van der Waals surface area contributed by atoms with E-state index in [0.29, 0.717) is 25.9 Å². The average molecular weight is 400 g/mol. The van der Waals surface area contributed by atoms with Crippen LogP contribution in [0, 0.1) is 6.92 Å². The predicted molar refractivity (Wildman–Crippen MR) is 115 cm³/mol. The molecule has 2 aromatic rings. The van der Waals surface area contributed by atoms with E-state index in [0.717, 1.165) is 49.5 Å². The lowest BCUT2D eigenvalue weighted by Gasteiger charge is -2.26. The summed E-state index contributed by atoms with van der Waals surface area (Å²) in [4.78, 5) is 0. The summed E-state index contributed by atoms with van der Waals surface area (Å²) in [5.74, 6) is 2.35. The molecule has 0 amide bonds. The molecule has 1 aliphatic rings. The molecule has 158 valence electrons. The standard InChI is InChI=1S/C24H33NO4/c1-3-27-24-16-19(17-25-20-7-9-21(26)10-8-20)6-13-23(24)29-15-14-28-22-11-4-18(2)5-12-22/h4-6,11-13,16,20-21,25-26H,3,7-10,14-15,17H2,1-2H3. The Labute approximate surface area is 174 Å². The van der Waals surface area contributed by atoms with Crippen molar-refractivity contribution in [2.24, 2.45) is 0 Å². The van der Waals surface area contributed by atoms with E-state index in [9.17, 15) is 5.11 Å². The number of ether oxygens (including phenoxy) is 3. The van der Waals surface area contributed by atoms with Crippen LogP contribution < -0.4 is 19.5 Å². The molecular formula is C24H33NO4. The van der Waals surface area contributed by atoms with Crippen LogP contribution in [0.3, 0.4) is 0 Å². The predicted octanol–water partition coefficient (Wildman–Crippen LogP) is 4.24. The maximum Gasteiger partial charge on any atom is 0.161 e. The molecule has 1 fully saturated rings. The molecule has 0 radical (unpaired) electrons. The van der Waals surface area contributed by atoms with Crippen molar-refractivity contribution < 1.29 is 19.3 Å². The number of benzene rings is 2. The third-order valence-electron chi connectivity index (χ3n) is 5.23. The van der Waals surface area contributed by atoms with Crippen LogP contribution >= 0.6 is 0 Å². The zero-order valence-electron chi connectivity index (χ0n) is 17.5. The smallest absolute Gasteiger partial charge is 0.161 e. The summed E-state index contributed by atoms with van der Waals surface area (Å²) in [5, 5.41) is 13.2. The summed E-state index contributed by atoms with van der Waals surface area (Å²) in [6.45, 7) is 6.34. The third-order valence-corrected chi connectivity index (χ3v) is 5.23. The summed E-state index contributed by atoms with van der Waals surface area (Å²) in [6.07, 6.45) is 3.71. The van der Waals surface area contributed by atoms with Gasteiger partial charge in [0.15, 0.2) is 11.5 Å². The van der Waals surface area contributed by atoms with Gasteiger partial charge in [-0.2, -0.15) is 0 Å². The van der Waals surface area contributed by atoms with Crippen LogP contribution in [0.2, 0.25) is 0 Å². The molecule has 3 rings (SSSR count). The molecule has 2 N–H and O–H groups in total.